The van der Waals surface area contributed by atoms with Gasteiger partial charge in [-0.1, -0.05) is 45.2 Å². The van der Waals surface area contributed by atoms with Gasteiger partial charge in [0.2, 0.25) is 0 Å². The minimum atomic E-state index is -0.150. The van der Waals surface area contributed by atoms with Crippen LogP contribution in [0.25, 0.3) is 0 Å². The molecular formula is C15H11BrCl2O2. The number of ketones is 1. The summed E-state index contributed by atoms with van der Waals surface area (Å²) in [5.74, 6) is 0.524. The van der Waals surface area contributed by atoms with Gasteiger partial charge in [0.1, 0.15) is 5.75 Å². The Labute approximate surface area is 135 Å². The molecule has 0 bridgehead atoms. The lowest BCUT2D eigenvalue weighted by Crippen LogP contribution is -2.12. The van der Waals surface area contributed by atoms with Crippen LogP contribution < -0.4 is 4.74 Å². The average molecular weight is 374 g/mol. The maximum absolute atomic E-state index is 12.0. The first kappa shape index (κ1) is 15.4. The Morgan fingerprint density at radius 2 is 1.90 bits per heavy atom. The Bertz CT molecular complexity index is 656. The van der Waals surface area contributed by atoms with E-state index in [1.54, 1.807) is 18.2 Å². The summed E-state index contributed by atoms with van der Waals surface area (Å²) < 4.78 is 6.45. The number of carbonyl (C=O) groups excluding carboxylic acids is 1. The van der Waals surface area contributed by atoms with Gasteiger partial charge in [-0.15, -0.1) is 0 Å². The number of rotatable bonds is 4. The fraction of sp³-hybridized carbons (Fsp3) is 0.133. The molecule has 2 aromatic carbocycles. The molecule has 0 aromatic heterocycles. The lowest BCUT2D eigenvalue weighted by Gasteiger charge is -2.09. The first-order chi connectivity index (χ1) is 9.47. The molecule has 2 nitrogen and oxygen atoms in total. The van der Waals surface area contributed by atoms with Gasteiger partial charge >= 0.3 is 0 Å². The highest BCUT2D eigenvalue weighted by Crippen LogP contribution is 2.24. The molecule has 0 N–H and O–H groups in total. The monoisotopic (exact) mass is 372 g/mol. The van der Waals surface area contributed by atoms with Crippen molar-refractivity contribution in [3.63, 3.8) is 0 Å². The van der Waals surface area contributed by atoms with Crippen LogP contribution in [0.5, 0.6) is 5.75 Å². The van der Waals surface area contributed by atoms with Gasteiger partial charge in [-0.05, 0) is 42.8 Å². The van der Waals surface area contributed by atoms with Crippen molar-refractivity contribution < 1.29 is 9.53 Å². The molecule has 0 aliphatic rings. The smallest absolute Gasteiger partial charge is 0.200 e. The van der Waals surface area contributed by atoms with E-state index >= 15 is 0 Å². The predicted molar refractivity (Wildman–Crippen MR) is 85.2 cm³/mol. The molecule has 5 heteroatoms. The van der Waals surface area contributed by atoms with Crippen LogP contribution in [0.1, 0.15) is 15.9 Å². The lowest BCUT2D eigenvalue weighted by molar-refractivity contribution is 0.0921. The second-order valence-corrected chi connectivity index (χ2v) is 5.98. The van der Waals surface area contributed by atoms with Gasteiger partial charge in [0.25, 0.3) is 0 Å². The van der Waals surface area contributed by atoms with Gasteiger partial charge in [0, 0.05) is 10.0 Å². The standard InChI is InChI=1S/C15H11BrCl2O2/c1-9-2-4-11(16)7-15(9)20-8-14(19)10-3-5-12(17)13(18)6-10/h2-7H,8H2,1H3. The van der Waals surface area contributed by atoms with Crippen LogP contribution in [0.15, 0.2) is 40.9 Å². The first-order valence-corrected chi connectivity index (χ1v) is 7.39. The third-order valence-electron chi connectivity index (χ3n) is 2.75. The van der Waals surface area contributed by atoms with Gasteiger partial charge in [-0.2, -0.15) is 0 Å². The molecule has 2 rings (SSSR count). The largest absolute Gasteiger partial charge is 0.485 e. The van der Waals surface area contributed by atoms with Crippen LogP contribution in [-0.4, -0.2) is 12.4 Å². The summed E-state index contributed by atoms with van der Waals surface area (Å²) >= 11 is 15.1. The van der Waals surface area contributed by atoms with Crippen LogP contribution in [0.3, 0.4) is 0 Å². The van der Waals surface area contributed by atoms with Gasteiger partial charge < -0.3 is 4.74 Å². The summed E-state index contributed by atoms with van der Waals surface area (Å²) in [6, 6.07) is 10.4. The molecule has 0 radical (unpaired) electrons. The minimum absolute atomic E-state index is 0.0464. The number of hydrogen-bond acceptors (Lipinski definition) is 2. The Kier molecular flexibility index (Phi) is 5.08. The van der Waals surface area contributed by atoms with Crippen molar-refractivity contribution in [3.05, 3.63) is 62.0 Å². The third-order valence-corrected chi connectivity index (χ3v) is 3.98. The number of halogens is 3. The maximum Gasteiger partial charge on any atom is 0.200 e. The Morgan fingerprint density at radius 3 is 2.60 bits per heavy atom. The van der Waals surface area contributed by atoms with E-state index in [-0.39, 0.29) is 12.4 Å². The number of ether oxygens (including phenoxy) is 1. The molecule has 0 saturated heterocycles. The molecule has 0 aliphatic heterocycles. The quantitative estimate of drug-likeness (QED) is 0.677. The molecule has 0 atom stereocenters. The van der Waals surface area contributed by atoms with Crippen LogP contribution >= 0.6 is 39.1 Å². The number of benzene rings is 2. The zero-order valence-electron chi connectivity index (χ0n) is 10.6. The van der Waals surface area contributed by atoms with E-state index in [0.717, 1.165) is 10.0 Å². The maximum atomic E-state index is 12.0. The summed E-state index contributed by atoms with van der Waals surface area (Å²) in [4.78, 5) is 12.0. The van der Waals surface area contributed by atoms with Crippen molar-refractivity contribution in [2.45, 2.75) is 6.92 Å². The number of aryl methyl sites for hydroxylation is 1. The summed E-state index contributed by atoms with van der Waals surface area (Å²) in [5, 5.41) is 0.781. The van der Waals surface area contributed by atoms with E-state index in [2.05, 4.69) is 15.9 Å². The van der Waals surface area contributed by atoms with E-state index in [1.165, 1.54) is 0 Å². The number of Topliss-reactive ketones (excluding diaryl/α,β-unsaturated/α-hetero) is 1. The summed E-state index contributed by atoms with van der Waals surface area (Å²) in [6.45, 7) is 1.88. The van der Waals surface area contributed by atoms with Crippen LogP contribution in [0.4, 0.5) is 0 Å². The zero-order chi connectivity index (χ0) is 14.7. The highest BCUT2D eigenvalue weighted by molar-refractivity contribution is 9.10. The highest BCUT2D eigenvalue weighted by atomic mass is 79.9. The van der Waals surface area contributed by atoms with E-state index in [9.17, 15) is 4.79 Å². The molecule has 0 unspecified atom stereocenters. The molecule has 0 amide bonds. The van der Waals surface area contributed by atoms with Crippen LogP contribution in [0, 0.1) is 6.92 Å². The second kappa shape index (κ2) is 6.61. The van der Waals surface area contributed by atoms with Gasteiger partial charge in [-0.25, -0.2) is 0 Å². The summed E-state index contributed by atoms with van der Waals surface area (Å²) in [6.07, 6.45) is 0. The highest BCUT2D eigenvalue weighted by Gasteiger charge is 2.10. The number of hydrogen-bond donors (Lipinski definition) is 0. The van der Waals surface area contributed by atoms with E-state index in [1.807, 2.05) is 25.1 Å². The fourth-order valence-electron chi connectivity index (χ4n) is 1.63. The first-order valence-electron chi connectivity index (χ1n) is 5.84. The normalized spacial score (nSPS) is 10.4. The van der Waals surface area contributed by atoms with Crippen LogP contribution in [-0.2, 0) is 0 Å². The van der Waals surface area contributed by atoms with Gasteiger partial charge in [0.05, 0.1) is 10.0 Å². The van der Waals surface area contributed by atoms with Gasteiger partial charge in [-0.3, -0.25) is 4.79 Å². The SMILES string of the molecule is Cc1ccc(Br)cc1OCC(=O)c1ccc(Cl)c(Cl)c1. The van der Waals surface area contributed by atoms with Crippen molar-refractivity contribution in [2.75, 3.05) is 6.61 Å². The van der Waals surface area contributed by atoms with Crippen molar-refractivity contribution in [1.29, 1.82) is 0 Å². The van der Waals surface area contributed by atoms with E-state index < -0.39 is 0 Å². The molecule has 0 aliphatic carbocycles. The number of carbonyl (C=O) groups is 1. The predicted octanol–water partition coefficient (Wildman–Crippen LogP) is 5.33. The average Bonchev–Trinajstić information content (AvgIpc) is 2.42. The topological polar surface area (TPSA) is 26.3 Å². The summed E-state index contributed by atoms with van der Waals surface area (Å²) in [7, 11) is 0. The molecule has 0 saturated carbocycles. The molecule has 0 heterocycles. The molecule has 0 fully saturated rings. The van der Waals surface area contributed by atoms with Crippen molar-refractivity contribution in [1.82, 2.24) is 0 Å². The van der Waals surface area contributed by atoms with Crippen LogP contribution in [0.2, 0.25) is 10.0 Å². The molecule has 2 aromatic rings. The van der Waals surface area contributed by atoms with Crippen molar-refractivity contribution >= 4 is 44.9 Å². The zero-order valence-corrected chi connectivity index (χ0v) is 13.7. The van der Waals surface area contributed by atoms with E-state index in [0.29, 0.717) is 21.4 Å². The van der Waals surface area contributed by atoms with E-state index in [4.69, 9.17) is 27.9 Å². The molecular weight excluding hydrogens is 363 g/mol. The Hall–Kier alpha value is -1.03. The second-order valence-electron chi connectivity index (χ2n) is 4.25. The lowest BCUT2D eigenvalue weighted by atomic mass is 10.1. The molecule has 104 valence electrons. The minimum Gasteiger partial charge on any atom is -0.485 e. The van der Waals surface area contributed by atoms with Crippen molar-refractivity contribution in [3.8, 4) is 5.75 Å². The fourth-order valence-corrected chi connectivity index (χ4v) is 2.26. The summed E-state index contributed by atoms with van der Waals surface area (Å²) in [5.41, 5.74) is 1.45. The van der Waals surface area contributed by atoms with Gasteiger partial charge in [0.15, 0.2) is 12.4 Å². The third kappa shape index (κ3) is 3.75. The molecule has 20 heavy (non-hydrogen) atoms. The van der Waals surface area contributed by atoms with Crippen molar-refractivity contribution in [2.24, 2.45) is 0 Å². The Morgan fingerprint density at radius 1 is 1.15 bits per heavy atom. The molecule has 0 spiro atoms. The Balaban J connectivity index is 2.08.